The quantitative estimate of drug-likeness (QED) is 0.779. The van der Waals surface area contributed by atoms with E-state index in [1.54, 1.807) is 0 Å². The van der Waals surface area contributed by atoms with Gasteiger partial charge in [-0.2, -0.15) is 0 Å². The van der Waals surface area contributed by atoms with Gasteiger partial charge in [-0.15, -0.1) is 0 Å². The second-order valence-corrected chi connectivity index (χ2v) is 10.1. The van der Waals surface area contributed by atoms with E-state index in [0.29, 0.717) is 24.0 Å². The van der Waals surface area contributed by atoms with Crippen LogP contribution in [-0.4, -0.2) is 24.5 Å². The molecular formula is C24H36N2O. The number of nitrogens with one attached hydrogen (secondary N) is 1. The smallest absolute Gasteiger partial charge is 0.241 e. The summed E-state index contributed by atoms with van der Waals surface area (Å²) in [6.07, 6.45) is 10.0. The van der Waals surface area contributed by atoms with Crippen LogP contribution in [0.1, 0.15) is 72.1 Å². The number of nitrogens with zero attached hydrogens (tertiary/aromatic N) is 1. The van der Waals surface area contributed by atoms with Crippen LogP contribution in [-0.2, 0) is 4.79 Å². The molecule has 3 atom stereocenters. The summed E-state index contributed by atoms with van der Waals surface area (Å²) in [5.41, 5.74) is 1.71. The summed E-state index contributed by atoms with van der Waals surface area (Å²) in [5, 5.41) is 3.74. The third-order valence-electron chi connectivity index (χ3n) is 7.97. The first-order valence-electron chi connectivity index (χ1n) is 11.0. The molecule has 3 saturated carbocycles. The molecule has 1 amide bonds. The summed E-state index contributed by atoms with van der Waals surface area (Å²) in [6, 6.07) is 11.1. The molecule has 0 aliphatic heterocycles. The predicted molar refractivity (Wildman–Crippen MR) is 112 cm³/mol. The monoisotopic (exact) mass is 368 g/mol. The van der Waals surface area contributed by atoms with Crippen LogP contribution < -0.4 is 10.2 Å². The zero-order chi connectivity index (χ0) is 19.1. The van der Waals surface area contributed by atoms with Crippen LogP contribution in [0.15, 0.2) is 30.3 Å². The summed E-state index contributed by atoms with van der Waals surface area (Å²) >= 11 is 0. The number of fused-ring (bicyclic) bond motifs is 2. The molecule has 0 saturated heterocycles. The number of rotatable bonds is 5. The lowest BCUT2D eigenvalue weighted by Crippen LogP contribution is -2.54. The Balaban J connectivity index is 1.49. The van der Waals surface area contributed by atoms with Gasteiger partial charge < -0.3 is 10.2 Å². The van der Waals surface area contributed by atoms with Crippen molar-refractivity contribution in [3.8, 4) is 0 Å². The fraction of sp³-hybridized carbons (Fsp3) is 0.708. The van der Waals surface area contributed by atoms with Crippen molar-refractivity contribution in [3.05, 3.63) is 30.3 Å². The summed E-state index contributed by atoms with van der Waals surface area (Å²) in [7, 11) is 0. The van der Waals surface area contributed by atoms with Crippen molar-refractivity contribution >= 4 is 11.6 Å². The average Bonchev–Trinajstić information content (AvgIpc) is 3.14. The first kappa shape index (κ1) is 19.0. The van der Waals surface area contributed by atoms with Gasteiger partial charge in [0.25, 0.3) is 0 Å². The highest BCUT2D eigenvalue weighted by Crippen LogP contribution is 2.62. The van der Waals surface area contributed by atoms with Crippen molar-refractivity contribution in [2.24, 2.45) is 16.7 Å². The van der Waals surface area contributed by atoms with Crippen molar-refractivity contribution in [1.82, 2.24) is 5.32 Å². The molecule has 2 bridgehead atoms. The molecule has 3 aliphatic rings. The van der Waals surface area contributed by atoms with E-state index in [-0.39, 0.29) is 11.3 Å². The molecule has 0 spiro atoms. The molecule has 148 valence electrons. The van der Waals surface area contributed by atoms with Crippen LogP contribution >= 0.6 is 0 Å². The van der Waals surface area contributed by atoms with Gasteiger partial charge in [0.2, 0.25) is 5.91 Å². The fourth-order valence-electron chi connectivity index (χ4n) is 6.57. The van der Waals surface area contributed by atoms with Crippen molar-refractivity contribution in [2.75, 3.05) is 11.4 Å². The van der Waals surface area contributed by atoms with Gasteiger partial charge in [0, 0.05) is 17.8 Å². The molecule has 3 aliphatic carbocycles. The standard InChI is InChI=1S/C24H36N2O/c1-23(2)18-14-15-24(3,16-18)22(23)25-17-21(27)26(19-10-6-4-7-11-19)20-12-8-5-9-13-20/h4,6-7,10-11,18,20,22,25H,5,8-9,12-17H2,1-3H3/t18-,22-,24+/m1/s1. The van der Waals surface area contributed by atoms with Gasteiger partial charge in [0.15, 0.2) is 0 Å². The highest BCUT2D eigenvalue weighted by Gasteiger charge is 2.59. The van der Waals surface area contributed by atoms with Crippen LogP contribution in [0.5, 0.6) is 0 Å². The van der Waals surface area contributed by atoms with E-state index in [1.807, 2.05) is 18.2 Å². The molecule has 1 aromatic rings. The SMILES string of the molecule is CC1(C)[C@@H]2CC[C@@](C)(C2)[C@@H]1NCC(=O)N(c1ccccc1)C1CCCCC1. The molecule has 0 aromatic heterocycles. The minimum absolute atomic E-state index is 0.246. The first-order chi connectivity index (χ1) is 12.9. The number of amides is 1. The van der Waals surface area contributed by atoms with E-state index < -0.39 is 0 Å². The Bertz CT molecular complexity index is 659. The number of anilines is 1. The molecule has 0 radical (unpaired) electrons. The number of benzene rings is 1. The maximum absolute atomic E-state index is 13.4. The maximum atomic E-state index is 13.4. The second kappa shape index (κ2) is 7.24. The Hall–Kier alpha value is -1.35. The van der Waals surface area contributed by atoms with E-state index >= 15 is 0 Å². The molecule has 27 heavy (non-hydrogen) atoms. The lowest BCUT2D eigenvalue weighted by molar-refractivity contribution is -0.118. The van der Waals surface area contributed by atoms with E-state index in [2.05, 4.69) is 43.1 Å². The molecule has 3 nitrogen and oxygen atoms in total. The van der Waals surface area contributed by atoms with E-state index in [4.69, 9.17) is 0 Å². The molecule has 3 fully saturated rings. The highest BCUT2D eigenvalue weighted by molar-refractivity contribution is 5.95. The Labute approximate surface area is 164 Å². The van der Waals surface area contributed by atoms with Gasteiger partial charge in [-0.25, -0.2) is 0 Å². The molecule has 1 aromatic carbocycles. The van der Waals surface area contributed by atoms with E-state index in [9.17, 15) is 4.79 Å². The number of para-hydroxylation sites is 1. The molecule has 0 unspecified atom stereocenters. The number of carbonyl (C=O) groups excluding carboxylic acids is 1. The molecule has 4 rings (SSSR count). The van der Waals surface area contributed by atoms with E-state index in [1.165, 1.54) is 38.5 Å². The van der Waals surface area contributed by atoms with Gasteiger partial charge in [0.05, 0.1) is 6.54 Å². The average molecular weight is 369 g/mol. The lowest BCUT2D eigenvalue weighted by Gasteiger charge is -2.43. The Kier molecular flexibility index (Phi) is 5.09. The summed E-state index contributed by atoms with van der Waals surface area (Å²) in [6.45, 7) is 7.70. The first-order valence-corrected chi connectivity index (χ1v) is 11.0. The van der Waals surface area contributed by atoms with Crippen molar-refractivity contribution in [3.63, 3.8) is 0 Å². The van der Waals surface area contributed by atoms with Crippen LogP contribution in [0.4, 0.5) is 5.69 Å². The summed E-state index contributed by atoms with van der Waals surface area (Å²) in [5.74, 6) is 1.05. The third kappa shape index (κ3) is 3.44. The molecule has 3 heteroatoms. The highest BCUT2D eigenvalue weighted by atomic mass is 16.2. The van der Waals surface area contributed by atoms with Crippen molar-refractivity contribution < 1.29 is 4.79 Å². The second-order valence-electron chi connectivity index (χ2n) is 10.1. The number of carbonyl (C=O) groups is 1. The zero-order valence-corrected chi connectivity index (χ0v) is 17.3. The van der Waals surface area contributed by atoms with Crippen LogP contribution in [0.2, 0.25) is 0 Å². The van der Waals surface area contributed by atoms with Gasteiger partial charge in [-0.1, -0.05) is 58.2 Å². The Morgan fingerprint density at radius 2 is 1.78 bits per heavy atom. The van der Waals surface area contributed by atoms with Gasteiger partial charge >= 0.3 is 0 Å². The largest absolute Gasteiger partial charge is 0.308 e. The minimum Gasteiger partial charge on any atom is -0.308 e. The normalized spacial score (nSPS) is 32.6. The molecule has 0 heterocycles. The van der Waals surface area contributed by atoms with Gasteiger partial charge in [-0.3, -0.25) is 4.79 Å². The third-order valence-corrected chi connectivity index (χ3v) is 7.97. The Morgan fingerprint density at radius 3 is 2.41 bits per heavy atom. The number of hydrogen-bond donors (Lipinski definition) is 1. The van der Waals surface area contributed by atoms with Crippen molar-refractivity contribution in [2.45, 2.75) is 84.2 Å². The number of hydrogen-bond acceptors (Lipinski definition) is 2. The van der Waals surface area contributed by atoms with Crippen LogP contribution in [0.25, 0.3) is 0 Å². The van der Waals surface area contributed by atoms with Crippen molar-refractivity contribution in [1.29, 1.82) is 0 Å². The van der Waals surface area contributed by atoms with Crippen LogP contribution in [0, 0.1) is 16.7 Å². The maximum Gasteiger partial charge on any atom is 0.241 e. The fourth-order valence-corrected chi connectivity index (χ4v) is 6.57. The minimum atomic E-state index is 0.246. The Morgan fingerprint density at radius 1 is 1.07 bits per heavy atom. The summed E-state index contributed by atoms with van der Waals surface area (Å²) in [4.78, 5) is 15.5. The predicted octanol–water partition coefficient (Wildman–Crippen LogP) is 5.16. The lowest BCUT2D eigenvalue weighted by atomic mass is 9.68. The van der Waals surface area contributed by atoms with Gasteiger partial charge in [0.1, 0.15) is 0 Å². The topological polar surface area (TPSA) is 32.3 Å². The van der Waals surface area contributed by atoms with Crippen LogP contribution in [0.3, 0.4) is 0 Å². The summed E-state index contributed by atoms with van der Waals surface area (Å²) < 4.78 is 0. The molecular weight excluding hydrogens is 332 g/mol. The molecule has 1 N–H and O–H groups in total. The van der Waals surface area contributed by atoms with E-state index in [0.717, 1.165) is 24.4 Å². The van der Waals surface area contributed by atoms with Gasteiger partial charge in [-0.05, 0) is 61.0 Å². The zero-order valence-electron chi connectivity index (χ0n) is 17.3.